The number of hydrogen-bond donors (Lipinski definition) is 2. The van der Waals surface area contributed by atoms with E-state index in [-0.39, 0.29) is 0 Å². The van der Waals surface area contributed by atoms with E-state index in [4.69, 9.17) is 11.5 Å². The molecular formula is C7H8N2O. The molecule has 0 saturated carbocycles. The van der Waals surface area contributed by atoms with Crippen LogP contribution in [-0.2, 0) is 6.42 Å². The fourth-order valence-corrected chi connectivity index (χ4v) is 0.664. The van der Waals surface area contributed by atoms with E-state index >= 15 is 0 Å². The summed E-state index contributed by atoms with van der Waals surface area (Å²) in [4.78, 5) is 6.61. The zero-order valence-electron chi connectivity index (χ0n) is 5.41. The number of nitrogens with zero attached hydrogens (tertiary/aromatic N) is 1. The molecule has 0 aliphatic heterocycles. The van der Waals surface area contributed by atoms with Crippen LogP contribution in [0.15, 0.2) is 12.5 Å². The molecule has 1 rings (SSSR count). The Bertz CT molecular complexity index is 222. The second kappa shape index (κ2) is 3.04. The summed E-state index contributed by atoms with van der Waals surface area (Å²) in [6.07, 6.45) is 7.88. The maximum atomic E-state index is 8.95. The average molecular weight is 136 g/mol. The van der Waals surface area contributed by atoms with Gasteiger partial charge in [-0.3, -0.25) is 0 Å². The van der Waals surface area contributed by atoms with Gasteiger partial charge in [-0.15, -0.1) is 6.42 Å². The summed E-state index contributed by atoms with van der Waals surface area (Å²) in [5.41, 5.74) is 0.852. The van der Waals surface area contributed by atoms with Gasteiger partial charge in [0.1, 0.15) is 6.10 Å². The standard InChI is InChI=1S/C7H8N2O/c1-2-7(10)3-6-4-8-5-9-6/h1,4-5,7,10H,3H2,(H,8,9). The van der Waals surface area contributed by atoms with E-state index in [9.17, 15) is 0 Å². The van der Waals surface area contributed by atoms with Crippen LogP contribution in [-0.4, -0.2) is 21.2 Å². The monoisotopic (exact) mass is 136 g/mol. The van der Waals surface area contributed by atoms with Crippen LogP contribution in [0.4, 0.5) is 0 Å². The molecule has 3 heteroatoms. The summed E-state index contributed by atoms with van der Waals surface area (Å²) < 4.78 is 0. The number of aromatic nitrogens is 2. The molecule has 1 heterocycles. The Morgan fingerprint density at radius 1 is 1.90 bits per heavy atom. The number of hydrogen-bond acceptors (Lipinski definition) is 2. The highest BCUT2D eigenvalue weighted by Crippen LogP contribution is 1.95. The maximum Gasteiger partial charge on any atom is 0.119 e. The lowest BCUT2D eigenvalue weighted by Crippen LogP contribution is -2.06. The van der Waals surface area contributed by atoms with Crippen LogP contribution in [0.5, 0.6) is 0 Å². The van der Waals surface area contributed by atoms with Crippen molar-refractivity contribution in [1.82, 2.24) is 9.97 Å². The average Bonchev–Trinajstić information content (AvgIpc) is 2.40. The number of H-pyrrole nitrogens is 1. The Morgan fingerprint density at radius 2 is 2.70 bits per heavy atom. The topological polar surface area (TPSA) is 48.9 Å². The summed E-state index contributed by atoms with van der Waals surface area (Å²) in [6, 6.07) is 0. The number of imidazole rings is 1. The molecule has 1 unspecified atom stereocenters. The first-order valence-corrected chi connectivity index (χ1v) is 2.94. The molecular weight excluding hydrogens is 128 g/mol. The quantitative estimate of drug-likeness (QED) is 0.560. The summed E-state index contributed by atoms with van der Waals surface area (Å²) in [6.45, 7) is 0. The van der Waals surface area contributed by atoms with Crippen LogP contribution < -0.4 is 0 Å². The number of aromatic amines is 1. The smallest absolute Gasteiger partial charge is 0.119 e. The van der Waals surface area contributed by atoms with Crippen LogP contribution in [0.3, 0.4) is 0 Å². The molecule has 0 saturated heterocycles. The molecule has 3 nitrogen and oxygen atoms in total. The minimum absolute atomic E-state index is 0.441. The summed E-state index contributed by atoms with van der Waals surface area (Å²) in [5.74, 6) is 2.21. The number of terminal acetylenes is 1. The Morgan fingerprint density at radius 3 is 3.20 bits per heavy atom. The van der Waals surface area contributed by atoms with Gasteiger partial charge >= 0.3 is 0 Å². The number of aliphatic hydroxyl groups is 1. The third kappa shape index (κ3) is 1.61. The van der Waals surface area contributed by atoms with Crippen molar-refractivity contribution >= 4 is 0 Å². The van der Waals surface area contributed by atoms with Gasteiger partial charge in [0.05, 0.1) is 6.33 Å². The Hall–Kier alpha value is -1.27. The fraction of sp³-hybridized carbons (Fsp3) is 0.286. The molecule has 2 N–H and O–H groups in total. The second-order valence-electron chi connectivity index (χ2n) is 1.96. The maximum absolute atomic E-state index is 8.95. The lowest BCUT2D eigenvalue weighted by molar-refractivity contribution is 0.232. The fourth-order valence-electron chi connectivity index (χ4n) is 0.664. The van der Waals surface area contributed by atoms with Crippen LogP contribution in [0.1, 0.15) is 5.69 Å². The summed E-state index contributed by atoms with van der Waals surface area (Å²) in [7, 11) is 0. The highest BCUT2D eigenvalue weighted by atomic mass is 16.3. The lowest BCUT2D eigenvalue weighted by atomic mass is 10.2. The van der Waals surface area contributed by atoms with Crippen molar-refractivity contribution in [2.24, 2.45) is 0 Å². The number of aliphatic hydroxyl groups excluding tert-OH is 1. The normalized spacial score (nSPS) is 12.4. The molecule has 52 valence electrons. The van der Waals surface area contributed by atoms with Crippen LogP contribution in [0.2, 0.25) is 0 Å². The van der Waals surface area contributed by atoms with E-state index in [0.29, 0.717) is 6.42 Å². The van der Waals surface area contributed by atoms with E-state index in [0.717, 1.165) is 5.69 Å². The number of nitrogens with one attached hydrogen (secondary N) is 1. The van der Waals surface area contributed by atoms with Gasteiger partial charge in [0, 0.05) is 18.3 Å². The van der Waals surface area contributed by atoms with Gasteiger partial charge < -0.3 is 10.1 Å². The molecule has 0 aromatic carbocycles. The third-order valence-corrected chi connectivity index (χ3v) is 1.16. The van der Waals surface area contributed by atoms with Crippen molar-refractivity contribution < 1.29 is 5.11 Å². The minimum atomic E-state index is -0.708. The van der Waals surface area contributed by atoms with E-state index < -0.39 is 6.10 Å². The van der Waals surface area contributed by atoms with Crippen molar-refractivity contribution in [1.29, 1.82) is 0 Å². The SMILES string of the molecule is C#CC(O)Cc1cnc[nH]1. The molecule has 0 amide bonds. The van der Waals surface area contributed by atoms with Crippen molar-refractivity contribution in [2.75, 3.05) is 0 Å². The molecule has 1 aromatic heterocycles. The summed E-state index contributed by atoms with van der Waals surface area (Å²) >= 11 is 0. The van der Waals surface area contributed by atoms with Gasteiger partial charge in [-0.1, -0.05) is 5.92 Å². The van der Waals surface area contributed by atoms with E-state index in [1.807, 2.05) is 0 Å². The largest absolute Gasteiger partial charge is 0.380 e. The molecule has 1 atom stereocenters. The first kappa shape index (κ1) is 6.84. The van der Waals surface area contributed by atoms with Gasteiger partial charge in [-0.25, -0.2) is 4.98 Å². The van der Waals surface area contributed by atoms with Gasteiger partial charge in [0.2, 0.25) is 0 Å². The van der Waals surface area contributed by atoms with Gasteiger partial charge in [0.25, 0.3) is 0 Å². The zero-order valence-corrected chi connectivity index (χ0v) is 5.41. The molecule has 0 aliphatic carbocycles. The molecule has 10 heavy (non-hydrogen) atoms. The van der Waals surface area contributed by atoms with Crippen molar-refractivity contribution in [3.8, 4) is 12.3 Å². The van der Waals surface area contributed by atoms with Gasteiger partial charge in [0.15, 0.2) is 0 Å². The molecule has 0 bridgehead atoms. The van der Waals surface area contributed by atoms with Gasteiger partial charge in [-0.05, 0) is 0 Å². The van der Waals surface area contributed by atoms with Crippen molar-refractivity contribution in [2.45, 2.75) is 12.5 Å². The van der Waals surface area contributed by atoms with E-state index in [1.54, 1.807) is 12.5 Å². The first-order chi connectivity index (χ1) is 4.83. The Balaban J connectivity index is 2.50. The van der Waals surface area contributed by atoms with E-state index in [2.05, 4.69) is 15.9 Å². The lowest BCUT2D eigenvalue weighted by Gasteiger charge is -1.97. The second-order valence-corrected chi connectivity index (χ2v) is 1.96. The third-order valence-electron chi connectivity index (χ3n) is 1.16. The number of rotatable bonds is 2. The summed E-state index contributed by atoms with van der Waals surface area (Å²) in [5, 5.41) is 8.95. The Kier molecular flexibility index (Phi) is 2.08. The predicted molar refractivity (Wildman–Crippen MR) is 37.1 cm³/mol. The van der Waals surface area contributed by atoms with Crippen molar-refractivity contribution in [3.63, 3.8) is 0 Å². The highest BCUT2D eigenvalue weighted by molar-refractivity contribution is 5.04. The van der Waals surface area contributed by atoms with Crippen molar-refractivity contribution in [3.05, 3.63) is 18.2 Å². The van der Waals surface area contributed by atoms with Gasteiger partial charge in [-0.2, -0.15) is 0 Å². The zero-order chi connectivity index (χ0) is 7.40. The van der Waals surface area contributed by atoms with Crippen LogP contribution >= 0.6 is 0 Å². The van der Waals surface area contributed by atoms with E-state index in [1.165, 1.54) is 0 Å². The van der Waals surface area contributed by atoms with Crippen LogP contribution in [0, 0.1) is 12.3 Å². The molecule has 1 aromatic rings. The molecule has 0 radical (unpaired) electrons. The minimum Gasteiger partial charge on any atom is -0.380 e. The molecule has 0 fully saturated rings. The molecule has 0 spiro atoms. The van der Waals surface area contributed by atoms with Crippen LogP contribution in [0.25, 0.3) is 0 Å². The molecule has 0 aliphatic rings. The highest BCUT2D eigenvalue weighted by Gasteiger charge is 2.00. The Labute approximate surface area is 59.1 Å². The predicted octanol–water partition coefficient (Wildman–Crippen LogP) is -0.0537. The first-order valence-electron chi connectivity index (χ1n) is 2.94.